The fourth-order valence-corrected chi connectivity index (χ4v) is 4.43. The van der Waals surface area contributed by atoms with Crippen LogP contribution in [0.5, 0.6) is 5.75 Å². The predicted octanol–water partition coefficient (Wildman–Crippen LogP) is 4.64. The molecular weight excluding hydrogens is 386 g/mol. The van der Waals surface area contributed by atoms with E-state index in [0.29, 0.717) is 30.5 Å². The highest BCUT2D eigenvalue weighted by Gasteiger charge is 2.16. The molecule has 0 amide bonds. The van der Waals surface area contributed by atoms with Crippen LogP contribution in [0.3, 0.4) is 0 Å². The molecule has 0 saturated carbocycles. The Bertz CT molecular complexity index is 1280. The highest BCUT2D eigenvalue weighted by molar-refractivity contribution is 7.73. The summed E-state index contributed by atoms with van der Waals surface area (Å²) in [5, 5.41) is 0. The molecule has 4 aromatic rings. The molecule has 0 unspecified atom stereocenters. The third-order valence-electron chi connectivity index (χ3n) is 3.98. The molecular formula is C18H13N3O2S3. The van der Waals surface area contributed by atoms with Gasteiger partial charge >= 0.3 is 0 Å². The highest BCUT2D eigenvalue weighted by atomic mass is 32.1. The number of aromatic amines is 1. The zero-order chi connectivity index (χ0) is 18.3. The minimum atomic E-state index is -0.195. The quantitative estimate of drug-likeness (QED) is 0.510. The molecule has 0 aliphatic rings. The Morgan fingerprint density at radius 3 is 2.42 bits per heavy atom. The van der Waals surface area contributed by atoms with Crippen molar-refractivity contribution in [3.05, 3.63) is 73.7 Å². The molecule has 0 aliphatic heterocycles. The summed E-state index contributed by atoms with van der Waals surface area (Å²) in [6.07, 6.45) is 0. The van der Waals surface area contributed by atoms with Gasteiger partial charge in [-0.3, -0.25) is 13.9 Å². The summed E-state index contributed by atoms with van der Waals surface area (Å²) >= 11 is 12.2. The lowest BCUT2D eigenvalue weighted by molar-refractivity contribution is 0.413. The average Bonchev–Trinajstić information content (AvgIpc) is 2.98. The number of H-pyrrole nitrogens is 1. The van der Waals surface area contributed by atoms with Crippen LogP contribution in [-0.4, -0.2) is 21.2 Å². The summed E-state index contributed by atoms with van der Waals surface area (Å²) in [6.45, 7) is 0. The van der Waals surface area contributed by atoms with Crippen molar-refractivity contribution in [1.82, 2.24) is 14.1 Å². The SMILES string of the molecule is COc1ccccc1-n1c(=S)sc2c(=O)n(-c3ccccc3)c(=S)[nH]c21. The maximum Gasteiger partial charge on any atom is 0.278 e. The van der Waals surface area contributed by atoms with Crippen molar-refractivity contribution in [3.8, 4) is 17.1 Å². The van der Waals surface area contributed by atoms with Crippen LogP contribution in [0, 0.1) is 8.73 Å². The van der Waals surface area contributed by atoms with Gasteiger partial charge in [0.05, 0.1) is 18.5 Å². The van der Waals surface area contributed by atoms with Crippen molar-refractivity contribution in [1.29, 1.82) is 0 Å². The zero-order valence-corrected chi connectivity index (χ0v) is 16.1. The molecule has 0 saturated heterocycles. The third kappa shape index (κ3) is 2.63. The van der Waals surface area contributed by atoms with Crippen molar-refractivity contribution in [2.75, 3.05) is 7.11 Å². The molecule has 1 N–H and O–H groups in total. The number of nitrogens with one attached hydrogen (secondary N) is 1. The smallest absolute Gasteiger partial charge is 0.278 e. The number of hydrogen-bond donors (Lipinski definition) is 1. The lowest BCUT2D eigenvalue weighted by atomic mass is 10.3. The third-order valence-corrected chi connectivity index (χ3v) is 5.62. The monoisotopic (exact) mass is 399 g/mol. The van der Waals surface area contributed by atoms with Crippen LogP contribution in [0.4, 0.5) is 0 Å². The topological polar surface area (TPSA) is 51.9 Å². The van der Waals surface area contributed by atoms with Gasteiger partial charge in [0.1, 0.15) is 16.1 Å². The van der Waals surface area contributed by atoms with Gasteiger partial charge in [-0.05, 0) is 48.7 Å². The molecule has 0 aliphatic carbocycles. The Hall–Kier alpha value is -2.55. The maximum absolute atomic E-state index is 13.1. The highest BCUT2D eigenvalue weighted by Crippen LogP contribution is 2.29. The molecule has 130 valence electrons. The first-order chi connectivity index (χ1) is 12.6. The van der Waals surface area contributed by atoms with E-state index < -0.39 is 0 Å². The molecule has 0 atom stereocenters. The molecule has 0 bridgehead atoms. The normalized spacial score (nSPS) is 11.0. The second-order valence-electron chi connectivity index (χ2n) is 5.46. The Morgan fingerprint density at radius 1 is 1.00 bits per heavy atom. The minimum Gasteiger partial charge on any atom is -0.495 e. The predicted molar refractivity (Wildman–Crippen MR) is 109 cm³/mol. The number of benzene rings is 2. The maximum atomic E-state index is 13.1. The lowest BCUT2D eigenvalue weighted by Gasteiger charge is -2.11. The first kappa shape index (κ1) is 16.9. The standard InChI is InChI=1S/C18H13N3O2S3/c1-23-13-10-6-5-9-12(13)21-15-14(26-18(21)25)16(22)20(17(24)19-15)11-7-3-2-4-8-11/h2-10H,1H3,(H,19,24). The summed E-state index contributed by atoms with van der Waals surface area (Å²) < 4.78 is 10.1. The molecule has 26 heavy (non-hydrogen) atoms. The van der Waals surface area contributed by atoms with E-state index in [0.717, 1.165) is 5.69 Å². The first-order valence-corrected chi connectivity index (χ1v) is 9.35. The van der Waals surface area contributed by atoms with Crippen LogP contribution in [-0.2, 0) is 0 Å². The van der Waals surface area contributed by atoms with E-state index >= 15 is 0 Å². The van der Waals surface area contributed by atoms with Gasteiger partial charge in [-0.2, -0.15) is 0 Å². The summed E-state index contributed by atoms with van der Waals surface area (Å²) in [6, 6.07) is 16.8. The van der Waals surface area contributed by atoms with Crippen molar-refractivity contribution >= 4 is 46.1 Å². The van der Waals surface area contributed by atoms with Gasteiger partial charge in [-0.1, -0.05) is 41.7 Å². The van der Waals surface area contributed by atoms with Crippen LogP contribution < -0.4 is 10.3 Å². The van der Waals surface area contributed by atoms with E-state index in [-0.39, 0.29) is 5.56 Å². The molecule has 0 radical (unpaired) electrons. The molecule has 0 fully saturated rings. The second-order valence-corrected chi connectivity index (χ2v) is 7.49. The van der Waals surface area contributed by atoms with Crippen molar-refractivity contribution in [2.45, 2.75) is 0 Å². The van der Waals surface area contributed by atoms with E-state index in [1.807, 2.05) is 54.6 Å². The molecule has 2 heterocycles. The van der Waals surface area contributed by atoms with Gasteiger partial charge in [0.15, 0.2) is 8.73 Å². The van der Waals surface area contributed by atoms with Gasteiger partial charge in [0, 0.05) is 0 Å². The van der Waals surface area contributed by atoms with Crippen LogP contribution >= 0.6 is 35.8 Å². The number of fused-ring (bicyclic) bond motifs is 1. The number of aromatic nitrogens is 3. The summed E-state index contributed by atoms with van der Waals surface area (Å²) in [7, 11) is 1.60. The number of hydrogen-bond acceptors (Lipinski definition) is 5. The molecule has 8 heteroatoms. The van der Waals surface area contributed by atoms with Gasteiger partial charge in [0.25, 0.3) is 5.56 Å². The van der Waals surface area contributed by atoms with Crippen molar-refractivity contribution < 1.29 is 4.74 Å². The fourth-order valence-electron chi connectivity index (χ4n) is 2.83. The molecule has 0 spiro atoms. The van der Waals surface area contributed by atoms with Crippen molar-refractivity contribution in [2.24, 2.45) is 0 Å². The van der Waals surface area contributed by atoms with Crippen LogP contribution in [0.2, 0.25) is 0 Å². The molecule has 4 rings (SSSR count). The zero-order valence-electron chi connectivity index (χ0n) is 13.6. The summed E-state index contributed by atoms with van der Waals surface area (Å²) in [5.74, 6) is 0.662. The van der Waals surface area contributed by atoms with E-state index in [1.165, 1.54) is 15.9 Å². The Balaban J connectivity index is 2.09. The van der Waals surface area contributed by atoms with E-state index in [1.54, 1.807) is 11.7 Å². The van der Waals surface area contributed by atoms with Crippen LogP contribution in [0.1, 0.15) is 0 Å². The van der Waals surface area contributed by atoms with Gasteiger partial charge < -0.3 is 9.72 Å². The van der Waals surface area contributed by atoms with Gasteiger partial charge in [-0.25, -0.2) is 0 Å². The fraction of sp³-hybridized carbons (Fsp3) is 0.0556. The Labute approximate surface area is 162 Å². The summed E-state index contributed by atoms with van der Waals surface area (Å²) in [5.41, 5.74) is 1.85. The number of para-hydroxylation sites is 3. The van der Waals surface area contributed by atoms with E-state index in [2.05, 4.69) is 4.98 Å². The number of ether oxygens (including phenoxy) is 1. The van der Waals surface area contributed by atoms with Crippen molar-refractivity contribution in [3.63, 3.8) is 0 Å². The van der Waals surface area contributed by atoms with Crippen LogP contribution in [0.25, 0.3) is 21.7 Å². The average molecular weight is 400 g/mol. The Kier molecular flexibility index (Phi) is 4.31. The van der Waals surface area contributed by atoms with Gasteiger partial charge in [-0.15, -0.1) is 0 Å². The number of rotatable bonds is 3. The largest absolute Gasteiger partial charge is 0.495 e. The van der Waals surface area contributed by atoms with E-state index in [4.69, 9.17) is 29.2 Å². The molecule has 2 aromatic heterocycles. The number of nitrogens with zero attached hydrogens (tertiary/aromatic N) is 2. The van der Waals surface area contributed by atoms with E-state index in [9.17, 15) is 4.79 Å². The second kappa shape index (κ2) is 6.64. The Morgan fingerprint density at radius 2 is 1.69 bits per heavy atom. The number of methoxy groups -OCH3 is 1. The van der Waals surface area contributed by atoms with Crippen LogP contribution in [0.15, 0.2) is 59.4 Å². The first-order valence-electron chi connectivity index (χ1n) is 7.71. The van der Waals surface area contributed by atoms with Gasteiger partial charge in [0.2, 0.25) is 0 Å². The molecule has 2 aromatic carbocycles. The number of thiazole rings is 1. The summed E-state index contributed by atoms with van der Waals surface area (Å²) in [4.78, 5) is 16.3. The lowest BCUT2D eigenvalue weighted by Crippen LogP contribution is -2.20. The molecule has 5 nitrogen and oxygen atoms in total. The minimum absolute atomic E-state index is 0.195.